The number of halogens is 6. The first kappa shape index (κ1) is 105. The molecule has 2 aromatic heterocycles. The van der Waals surface area contributed by atoms with Crippen molar-refractivity contribution in [1.82, 2.24) is 41.5 Å². The van der Waals surface area contributed by atoms with Gasteiger partial charge >= 0.3 is 35.8 Å². The summed E-state index contributed by atoms with van der Waals surface area (Å²) in [6.45, 7) is 26.7. The molecule has 5 aliphatic rings. The maximum atomic E-state index is 14.0. The lowest BCUT2D eigenvalue weighted by Crippen LogP contribution is -2.61. The van der Waals surface area contributed by atoms with Crippen LogP contribution in [0, 0.1) is 45.3 Å². The molecule has 4 aromatic carbocycles. The third kappa shape index (κ3) is 30.8. The molecule has 4 saturated heterocycles. The number of carboxylic acid groups (broad SMARTS) is 1. The second-order valence-corrected chi connectivity index (χ2v) is 41.1. The van der Waals surface area contributed by atoms with Crippen LogP contribution in [-0.2, 0) is 95.4 Å². The number of aliphatic carboxylic acids is 1. The number of benzene rings is 4. The van der Waals surface area contributed by atoms with Gasteiger partial charge in [0, 0.05) is 72.2 Å². The largest absolute Gasteiger partial charge is 0.481 e. The van der Waals surface area contributed by atoms with E-state index in [0.29, 0.717) is 82.2 Å². The summed E-state index contributed by atoms with van der Waals surface area (Å²) in [5.41, 5.74) is 12.4. The number of esters is 5. The molecule has 6 aromatic rings. The van der Waals surface area contributed by atoms with Crippen molar-refractivity contribution in [3.63, 3.8) is 0 Å². The Morgan fingerprint density at radius 3 is 1.32 bits per heavy atom. The number of fused-ring (bicyclic) bond motifs is 5. The molecule has 5 N–H and O–H groups in total. The van der Waals surface area contributed by atoms with Gasteiger partial charge in [-0.25, -0.2) is 20.8 Å². The first-order valence-corrected chi connectivity index (χ1v) is 45.5. The van der Waals surface area contributed by atoms with E-state index in [1.165, 1.54) is 23.9 Å². The number of rotatable bonds is 36. The molecular weight excluding hydrogens is 1800 g/mol. The van der Waals surface area contributed by atoms with Crippen molar-refractivity contribution in [2.24, 2.45) is 45.3 Å². The van der Waals surface area contributed by atoms with Gasteiger partial charge in [-0.3, -0.25) is 62.8 Å². The van der Waals surface area contributed by atoms with Crippen molar-refractivity contribution < 1.29 is 100 Å². The van der Waals surface area contributed by atoms with E-state index in [4.69, 9.17) is 117 Å². The summed E-state index contributed by atoms with van der Waals surface area (Å²) in [7, 11) is 0. The van der Waals surface area contributed by atoms with Gasteiger partial charge in [-0.2, -0.15) is 0 Å². The minimum atomic E-state index is -1.79. The quantitative estimate of drug-likeness (QED) is 0.0139. The van der Waals surface area contributed by atoms with Crippen LogP contribution < -0.4 is 21.5 Å². The van der Waals surface area contributed by atoms with Crippen molar-refractivity contribution in [2.45, 2.75) is 185 Å². The number of hydrogen-bond donors (Lipinski definition) is 5. The number of carboxylic acids is 1. The number of pyridine rings is 2. The SMILES string of the molecule is CC(=O)O[C@H](C)c1ccc2ccc(/C=C/C(C)(C)C(=O)C[C@H](C(=O)N[C@@H](COCC3(C)COC3)C(=O)N3CCC[C@@H](C(=O)OCC(Cl)(Cl)Cl)N3)C(C)C)cc2n1.CC(=O)O[C@H](C)c1ccc2ccc(/C=C/C(C)(C)C(=O)O)cc2n1.CC(C)[C@H](CC(=O)OCC1c2ccccc2-c2ccccc21)C(=O)N[C@@H](COCC1(C)COC1)C(=O)N1CCC[C@@H](C(=O)OCC(Cl)(Cl)Cl)N1. The highest BCUT2D eigenvalue weighted by Gasteiger charge is 2.43. The predicted octanol–water partition coefficient (Wildman–Crippen LogP) is 15.0. The Kier molecular flexibility index (Phi) is 37.6. The van der Waals surface area contributed by atoms with Crippen LogP contribution in [0.15, 0.2) is 121 Å². The van der Waals surface area contributed by atoms with Gasteiger partial charge in [0.2, 0.25) is 19.4 Å². The molecule has 4 fully saturated rings. The minimum Gasteiger partial charge on any atom is -0.481 e. The summed E-state index contributed by atoms with van der Waals surface area (Å²) in [5.74, 6) is -7.76. The zero-order valence-corrected chi connectivity index (χ0v) is 80.2. The lowest BCUT2D eigenvalue weighted by Gasteiger charge is -2.38. The Balaban J connectivity index is 0.000000236. The van der Waals surface area contributed by atoms with Crippen LogP contribution in [0.5, 0.6) is 0 Å². The average molecular weight is 1920 g/mol. The second kappa shape index (κ2) is 46.6. The number of Topliss-reactive ketones (excluding diaryl/α,β-unsaturated/α-hetero) is 1. The van der Waals surface area contributed by atoms with Crippen LogP contribution in [0.3, 0.4) is 0 Å². The van der Waals surface area contributed by atoms with E-state index in [1.54, 1.807) is 59.8 Å². The first-order valence-electron chi connectivity index (χ1n) is 43.3. The van der Waals surface area contributed by atoms with Crippen molar-refractivity contribution in [3.8, 4) is 11.1 Å². The van der Waals surface area contributed by atoms with Gasteiger partial charge in [-0.1, -0.05) is 220 Å². The van der Waals surface area contributed by atoms with E-state index < -0.39 is 133 Å². The Bertz CT molecular complexity index is 5040. The van der Waals surface area contributed by atoms with Gasteiger partial charge in [0.15, 0.2) is 0 Å². The third-order valence-corrected chi connectivity index (χ3v) is 23.5. The number of hydrogen-bond acceptors (Lipinski definition) is 24. The van der Waals surface area contributed by atoms with Crippen LogP contribution in [0.1, 0.15) is 187 Å². The molecule has 130 heavy (non-hydrogen) atoms. The van der Waals surface area contributed by atoms with Crippen LogP contribution in [0.4, 0.5) is 0 Å². The smallest absolute Gasteiger partial charge is 0.325 e. The van der Waals surface area contributed by atoms with Crippen molar-refractivity contribution in [3.05, 3.63) is 155 Å². The van der Waals surface area contributed by atoms with Crippen LogP contribution in [-0.4, -0.2) is 208 Å². The molecule has 0 radical (unpaired) electrons. The molecule has 11 rings (SSSR count). The van der Waals surface area contributed by atoms with Crippen molar-refractivity contribution in [1.29, 1.82) is 0 Å². The number of ether oxygens (including phenoxy) is 9. The first-order chi connectivity index (χ1) is 61.1. The van der Waals surface area contributed by atoms with E-state index in [2.05, 4.69) is 43.6 Å². The van der Waals surface area contributed by atoms with Crippen molar-refractivity contribution >= 4 is 169 Å². The van der Waals surface area contributed by atoms with Crippen molar-refractivity contribution in [2.75, 3.05) is 85.8 Å². The van der Waals surface area contributed by atoms with Gasteiger partial charge in [0.1, 0.15) is 62.0 Å². The highest BCUT2D eigenvalue weighted by Crippen LogP contribution is 2.45. The number of carbonyl (C=O) groups is 11. The molecule has 8 atom stereocenters. The molecule has 0 unspecified atom stereocenters. The van der Waals surface area contributed by atoms with Crippen LogP contribution >= 0.6 is 69.6 Å². The Morgan fingerprint density at radius 2 is 0.938 bits per heavy atom. The molecule has 6 heterocycles. The van der Waals surface area contributed by atoms with E-state index in [-0.39, 0.29) is 86.1 Å². The number of hydrazine groups is 2. The molecule has 35 heteroatoms. The highest BCUT2D eigenvalue weighted by molar-refractivity contribution is 6.68. The van der Waals surface area contributed by atoms with Crippen LogP contribution in [0.25, 0.3) is 45.1 Å². The normalized spacial score (nSPS) is 18.1. The number of nitrogens with one attached hydrogen (secondary N) is 4. The fourth-order valence-electron chi connectivity index (χ4n) is 14.9. The predicted molar refractivity (Wildman–Crippen MR) is 494 cm³/mol. The van der Waals surface area contributed by atoms with Gasteiger partial charge in [0.25, 0.3) is 11.8 Å². The summed E-state index contributed by atoms with van der Waals surface area (Å²) >= 11 is 34.4. The maximum Gasteiger partial charge on any atom is 0.325 e. The number of nitrogens with zero attached hydrogens (tertiary/aromatic N) is 4. The molecule has 1 aliphatic carbocycles. The number of allylic oxidation sites excluding steroid dienone is 1. The summed E-state index contributed by atoms with van der Waals surface area (Å²) in [6, 6.07) is 31.1. The van der Waals surface area contributed by atoms with E-state index in [9.17, 15) is 52.7 Å². The fraction of sp³-hybridized carbons (Fsp3) is 0.526. The zero-order chi connectivity index (χ0) is 95.4. The van der Waals surface area contributed by atoms with Gasteiger partial charge in [0.05, 0.1) is 93.0 Å². The molecule has 4 amide bonds. The summed E-state index contributed by atoms with van der Waals surface area (Å²) in [4.78, 5) is 151. The zero-order valence-electron chi connectivity index (χ0n) is 75.7. The molecule has 29 nitrogen and oxygen atoms in total. The lowest BCUT2D eigenvalue weighted by atomic mass is 9.79. The maximum absolute atomic E-state index is 14.0. The number of alkyl halides is 6. The van der Waals surface area contributed by atoms with E-state index in [1.807, 2.05) is 145 Å². The molecule has 0 saturated carbocycles. The molecule has 4 aliphatic heterocycles. The highest BCUT2D eigenvalue weighted by atomic mass is 35.6. The topological polar surface area (TPSA) is 371 Å². The Hall–Kier alpha value is -8.95. The van der Waals surface area contributed by atoms with Gasteiger partial charge in [-0.15, -0.1) is 0 Å². The van der Waals surface area contributed by atoms with Gasteiger partial charge in [-0.05, 0) is 137 Å². The van der Waals surface area contributed by atoms with Gasteiger partial charge < -0.3 is 58.4 Å². The number of aromatic nitrogens is 2. The standard InChI is InChI=1S/C40H53Cl3N4O9.C36H44Cl3N3O8.C19H21NO4/c1-24(2)29(18-34(49)38(5,6)15-14-27-10-11-28-12-13-30(44-32(28)17-27)25(3)56-26(4)48)35(50)45-33(19-53-20-39(7)21-54-22-39)36(51)47-16-8-9-31(46-47)37(52)55-23-40(41,42)43;1-22(2)27(15-31(43)49-16-28-25-11-6-4-9-23(25)24-10-5-7-12-26(24)28)32(44)40-30(17-47-18-35(3)19-48-20-35)33(45)42-14-8-13-29(41-42)34(46)50-21-36(37,38)39;1-12(24-13(2)21)16-8-7-15-6-5-14(11-17(15)20-16)9-10-19(3,4)18(22)23/h10-15,17,24-25,29,31,33,46H,8-9,16,18-23H2,1-7H3,(H,45,50);4-7,9-12,22,27-30,41H,8,13-21H2,1-3H3,(H,40,44);5-12H,1-4H3,(H,22,23)/b15-14+;;10-9+/t25-,29+,31+,33+;27-,29-,30-;12-/m101/s1. The van der Waals surface area contributed by atoms with Crippen LogP contribution in [0.2, 0.25) is 0 Å². The summed E-state index contributed by atoms with van der Waals surface area (Å²) in [5, 5.41) is 19.3. The summed E-state index contributed by atoms with van der Waals surface area (Å²) in [6.07, 6.45) is 7.64. The number of amides is 4. The molecular formula is C95H118Cl6N8O21. The van der Waals surface area contributed by atoms with E-state index in [0.717, 1.165) is 49.7 Å². The number of ketones is 1. The van der Waals surface area contributed by atoms with E-state index >= 15 is 0 Å². The monoisotopic (exact) mass is 1920 g/mol. The molecule has 0 spiro atoms. The Morgan fingerprint density at radius 1 is 0.546 bits per heavy atom. The molecule has 706 valence electrons. The lowest BCUT2D eigenvalue weighted by molar-refractivity contribution is -0.157. The average Bonchev–Trinajstić information content (AvgIpc) is 1.61. The third-order valence-electron chi connectivity index (χ3n) is 22.8. The number of carbonyl (C=O) groups excluding carboxylic acids is 10. The fourth-order valence-corrected chi connectivity index (χ4v) is 15.2. The minimum absolute atomic E-state index is 0.0756. The molecule has 0 bridgehead atoms. The second-order valence-electron chi connectivity index (χ2n) is 36.1. The summed E-state index contributed by atoms with van der Waals surface area (Å²) < 4.78 is 45.5. The Labute approximate surface area is 788 Å².